The highest BCUT2D eigenvalue weighted by atomic mass is 19.3. The summed E-state index contributed by atoms with van der Waals surface area (Å²) in [5, 5.41) is 9.70. The summed E-state index contributed by atoms with van der Waals surface area (Å²) in [5.41, 5.74) is 0.512. The second-order valence-electron chi connectivity index (χ2n) is 5.81. The molecule has 1 heterocycles. The van der Waals surface area contributed by atoms with E-state index in [1.165, 1.54) is 0 Å². The number of hydrogen-bond donors (Lipinski definition) is 2. The Hall–Kier alpha value is -3.42. The maximum Gasteiger partial charge on any atom is 0.483 e. The van der Waals surface area contributed by atoms with E-state index in [2.05, 4.69) is 4.74 Å². The van der Waals surface area contributed by atoms with Crippen molar-refractivity contribution in [1.29, 1.82) is 0 Å². The van der Waals surface area contributed by atoms with Crippen LogP contribution in [-0.4, -0.2) is 29.3 Å². The van der Waals surface area contributed by atoms with Crippen LogP contribution in [0.2, 0.25) is 0 Å². The molecule has 0 fully saturated rings. The molecule has 1 aliphatic rings. The molecule has 3 N–H and O–H groups in total. The molecule has 14 heteroatoms. The maximum atomic E-state index is 14.4. The molecule has 0 saturated carbocycles. The van der Waals surface area contributed by atoms with Gasteiger partial charge in [-0.3, -0.25) is 14.5 Å². The number of nitrogens with zero attached hydrogens (tertiary/aromatic N) is 1. The lowest BCUT2D eigenvalue weighted by Gasteiger charge is -2.35. The van der Waals surface area contributed by atoms with E-state index >= 15 is 0 Å². The van der Waals surface area contributed by atoms with Crippen LogP contribution in [0.15, 0.2) is 12.1 Å². The molecule has 0 bridgehead atoms. The number of alkyl halides is 2. The van der Waals surface area contributed by atoms with Crippen LogP contribution in [0.4, 0.5) is 40.8 Å². The number of hydrogen-bond acceptors (Lipinski definition) is 4. The summed E-state index contributed by atoms with van der Waals surface area (Å²) in [6.07, 6.45) is -7.50. The van der Waals surface area contributed by atoms with E-state index in [9.17, 15) is 49.8 Å². The van der Waals surface area contributed by atoms with Crippen molar-refractivity contribution in [3.63, 3.8) is 0 Å². The lowest BCUT2D eigenvalue weighted by molar-refractivity contribution is -0.195. The van der Waals surface area contributed by atoms with Gasteiger partial charge in [-0.2, -0.15) is 8.78 Å². The fourth-order valence-electron chi connectivity index (χ4n) is 2.65. The number of primary amides is 1. The minimum absolute atomic E-state index is 0.0315. The molecule has 0 spiro atoms. The van der Waals surface area contributed by atoms with E-state index in [0.717, 1.165) is 0 Å². The summed E-state index contributed by atoms with van der Waals surface area (Å²) in [6, 6.07) is 0.200. The molecular weight excluding hydrogens is 436 g/mol. The molecule has 1 unspecified atom stereocenters. The standard InChI is InChI=1S/C16H6F8N2O4/c17-4-2-6-5(26(14(28)13(25)27)15(29)16(23,24)30-6)1-3(4)7-8(18)10(20)12(22)11(21)9(7)19/h1-2,14,28H,(H2,25,27). The number of anilines is 1. The number of aliphatic hydroxyl groups excluding tert-OH is 1. The summed E-state index contributed by atoms with van der Waals surface area (Å²) >= 11 is 0. The van der Waals surface area contributed by atoms with E-state index < -0.39 is 81.6 Å². The fraction of sp³-hybridized carbons (Fsp3) is 0.125. The van der Waals surface area contributed by atoms with Gasteiger partial charge in [0.15, 0.2) is 29.0 Å². The monoisotopic (exact) mass is 442 g/mol. The van der Waals surface area contributed by atoms with Gasteiger partial charge in [0.05, 0.1) is 11.3 Å². The molecule has 160 valence electrons. The molecule has 2 aromatic rings. The van der Waals surface area contributed by atoms with Crippen LogP contribution in [0.25, 0.3) is 11.1 Å². The summed E-state index contributed by atoms with van der Waals surface area (Å²) in [7, 11) is 0. The van der Waals surface area contributed by atoms with Crippen LogP contribution in [0, 0.1) is 34.9 Å². The predicted octanol–water partition coefficient (Wildman–Crippen LogP) is 2.31. The number of fused-ring (bicyclic) bond motifs is 1. The third kappa shape index (κ3) is 2.99. The highest BCUT2D eigenvalue weighted by molar-refractivity contribution is 6.05. The molecule has 2 amide bonds. The second-order valence-corrected chi connectivity index (χ2v) is 5.81. The minimum Gasteiger partial charge on any atom is -0.423 e. The number of carbonyl (C=O) groups excluding carboxylic acids is 2. The topological polar surface area (TPSA) is 92.9 Å². The van der Waals surface area contributed by atoms with E-state index in [1.54, 1.807) is 0 Å². The Morgan fingerprint density at radius 2 is 1.50 bits per heavy atom. The van der Waals surface area contributed by atoms with Crippen molar-refractivity contribution in [2.24, 2.45) is 5.73 Å². The van der Waals surface area contributed by atoms with Gasteiger partial charge >= 0.3 is 12.0 Å². The van der Waals surface area contributed by atoms with Gasteiger partial charge in [-0.1, -0.05) is 0 Å². The van der Waals surface area contributed by atoms with Gasteiger partial charge in [-0.05, 0) is 6.07 Å². The van der Waals surface area contributed by atoms with Gasteiger partial charge < -0.3 is 15.6 Å². The molecule has 6 nitrogen and oxygen atoms in total. The van der Waals surface area contributed by atoms with Crippen LogP contribution >= 0.6 is 0 Å². The number of nitrogens with two attached hydrogens (primary N) is 1. The van der Waals surface area contributed by atoms with Crippen molar-refractivity contribution < 1.29 is 54.6 Å². The van der Waals surface area contributed by atoms with Gasteiger partial charge in [0.1, 0.15) is 5.82 Å². The second kappa shape index (κ2) is 6.83. The van der Waals surface area contributed by atoms with Crippen molar-refractivity contribution in [2.75, 3.05) is 4.90 Å². The summed E-state index contributed by atoms with van der Waals surface area (Å²) < 4.78 is 114. The maximum absolute atomic E-state index is 14.4. The number of benzene rings is 2. The Kier molecular flexibility index (Phi) is 4.85. The molecule has 3 rings (SSSR count). The lowest BCUT2D eigenvalue weighted by Crippen LogP contribution is -2.58. The zero-order valence-electron chi connectivity index (χ0n) is 14.0. The normalized spacial score (nSPS) is 16.2. The van der Waals surface area contributed by atoms with Crippen LogP contribution < -0.4 is 15.4 Å². The average Bonchev–Trinajstić information content (AvgIpc) is 2.66. The highest BCUT2D eigenvalue weighted by Crippen LogP contribution is 2.44. The molecule has 0 radical (unpaired) electrons. The SMILES string of the molecule is NC(=O)C(O)N1C(=O)C(F)(F)Oc2cc(F)c(-c3c(F)c(F)c(F)c(F)c3F)cc21. The minimum atomic E-state index is -4.72. The number of amides is 2. The highest BCUT2D eigenvalue weighted by Gasteiger charge is 2.53. The third-order valence-electron chi connectivity index (χ3n) is 3.99. The van der Waals surface area contributed by atoms with Crippen molar-refractivity contribution in [3.8, 4) is 16.9 Å². The number of halogens is 8. The zero-order chi connectivity index (χ0) is 22.7. The molecule has 1 aliphatic heterocycles. The summed E-state index contributed by atoms with van der Waals surface area (Å²) in [4.78, 5) is 22.6. The van der Waals surface area contributed by atoms with E-state index in [0.29, 0.717) is 0 Å². The zero-order valence-corrected chi connectivity index (χ0v) is 14.0. The molecule has 0 aliphatic carbocycles. The van der Waals surface area contributed by atoms with Crippen molar-refractivity contribution in [1.82, 2.24) is 0 Å². The Morgan fingerprint density at radius 1 is 1.00 bits per heavy atom. The molecule has 0 aromatic heterocycles. The Balaban J connectivity index is 2.34. The summed E-state index contributed by atoms with van der Waals surface area (Å²) in [6.45, 7) is 0. The first-order chi connectivity index (χ1) is 13.8. The fourth-order valence-corrected chi connectivity index (χ4v) is 2.65. The molecule has 1 atom stereocenters. The Labute approximate surface area is 160 Å². The van der Waals surface area contributed by atoms with Gasteiger partial charge in [0, 0.05) is 11.6 Å². The largest absolute Gasteiger partial charge is 0.483 e. The lowest BCUT2D eigenvalue weighted by atomic mass is 10.0. The van der Waals surface area contributed by atoms with Crippen LogP contribution in [0.3, 0.4) is 0 Å². The molecule has 0 saturated heterocycles. The van der Waals surface area contributed by atoms with E-state index in [-0.39, 0.29) is 17.0 Å². The number of aliphatic hydroxyl groups is 1. The van der Waals surface area contributed by atoms with Crippen LogP contribution in [0.5, 0.6) is 5.75 Å². The molecular formula is C16H6F8N2O4. The van der Waals surface area contributed by atoms with E-state index in [4.69, 9.17) is 5.73 Å². The Morgan fingerprint density at radius 3 is 2.00 bits per heavy atom. The van der Waals surface area contributed by atoms with Crippen molar-refractivity contribution in [2.45, 2.75) is 12.3 Å². The molecule has 2 aromatic carbocycles. The van der Waals surface area contributed by atoms with Gasteiger partial charge in [0.25, 0.3) is 5.91 Å². The first-order valence-corrected chi connectivity index (χ1v) is 7.52. The van der Waals surface area contributed by atoms with Crippen LogP contribution in [0.1, 0.15) is 0 Å². The Bertz CT molecular complexity index is 1080. The average molecular weight is 442 g/mol. The quantitative estimate of drug-likeness (QED) is 0.434. The van der Waals surface area contributed by atoms with Gasteiger partial charge in [-0.25, -0.2) is 26.3 Å². The number of ether oxygens (including phenoxy) is 1. The summed E-state index contributed by atoms with van der Waals surface area (Å²) in [5.74, 6) is -19.5. The first-order valence-electron chi connectivity index (χ1n) is 7.52. The van der Waals surface area contributed by atoms with Crippen molar-refractivity contribution >= 4 is 17.5 Å². The third-order valence-corrected chi connectivity index (χ3v) is 3.99. The van der Waals surface area contributed by atoms with Gasteiger partial charge in [-0.15, -0.1) is 0 Å². The van der Waals surface area contributed by atoms with E-state index in [1.807, 2.05) is 0 Å². The smallest absolute Gasteiger partial charge is 0.423 e. The first kappa shape index (κ1) is 21.3. The number of rotatable bonds is 3. The molecule has 30 heavy (non-hydrogen) atoms. The predicted molar refractivity (Wildman–Crippen MR) is 79.9 cm³/mol. The number of carbonyl (C=O) groups is 2. The van der Waals surface area contributed by atoms with Crippen LogP contribution in [-0.2, 0) is 9.59 Å². The van der Waals surface area contributed by atoms with Crippen molar-refractivity contribution in [3.05, 3.63) is 47.0 Å². The van der Waals surface area contributed by atoms with Gasteiger partial charge in [0.2, 0.25) is 12.0 Å².